The fourth-order valence-electron chi connectivity index (χ4n) is 2.84. The molecule has 0 spiro atoms. The monoisotopic (exact) mass is 256 g/mol. The van der Waals surface area contributed by atoms with E-state index in [0.717, 1.165) is 31.5 Å². The van der Waals surface area contributed by atoms with E-state index < -0.39 is 0 Å². The Labute approximate surface area is 113 Å². The first kappa shape index (κ1) is 15.9. The SMILES string of the molecule is CCCNC(COC)CN1CCC(C(C)C)CC1. The van der Waals surface area contributed by atoms with Crippen molar-refractivity contribution in [3.63, 3.8) is 0 Å². The van der Waals surface area contributed by atoms with Gasteiger partial charge in [0.15, 0.2) is 0 Å². The molecule has 0 bridgehead atoms. The zero-order chi connectivity index (χ0) is 13.4. The summed E-state index contributed by atoms with van der Waals surface area (Å²) >= 11 is 0. The van der Waals surface area contributed by atoms with Crippen molar-refractivity contribution in [1.29, 1.82) is 0 Å². The summed E-state index contributed by atoms with van der Waals surface area (Å²) in [6.45, 7) is 12.5. The Balaban J connectivity index is 2.27. The molecular formula is C15H32N2O. The van der Waals surface area contributed by atoms with Gasteiger partial charge >= 0.3 is 0 Å². The average molecular weight is 256 g/mol. The quantitative estimate of drug-likeness (QED) is 0.721. The van der Waals surface area contributed by atoms with E-state index in [9.17, 15) is 0 Å². The molecule has 3 heteroatoms. The highest BCUT2D eigenvalue weighted by Crippen LogP contribution is 2.24. The zero-order valence-electron chi connectivity index (χ0n) is 12.7. The van der Waals surface area contributed by atoms with Gasteiger partial charge in [-0.2, -0.15) is 0 Å². The van der Waals surface area contributed by atoms with Gasteiger partial charge in [0.2, 0.25) is 0 Å². The summed E-state index contributed by atoms with van der Waals surface area (Å²) in [6, 6.07) is 0.491. The second-order valence-electron chi connectivity index (χ2n) is 5.99. The lowest BCUT2D eigenvalue weighted by Crippen LogP contribution is -2.46. The van der Waals surface area contributed by atoms with Crippen molar-refractivity contribution < 1.29 is 4.74 Å². The molecule has 1 atom stereocenters. The Morgan fingerprint density at radius 3 is 2.44 bits per heavy atom. The van der Waals surface area contributed by atoms with Crippen molar-refractivity contribution in [3.8, 4) is 0 Å². The second-order valence-corrected chi connectivity index (χ2v) is 5.99. The number of methoxy groups -OCH3 is 1. The minimum Gasteiger partial charge on any atom is -0.383 e. The lowest BCUT2D eigenvalue weighted by molar-refractivity contribution is 0.109. The molecule has 1 unspecified atom stereocenters. The van der Waals surface area contributed by atoms with Gasteiger partial charge in [-0.25, -0.2) is 0 Å². The molecule has 0 aromatic rings. The Bertz CT molecular complexity index is 201. The molecule has 1 N–H and O–H groups in total. The van der Waals surface area contributed by atoms with E-state index >= 15 is 0 Å². The molecule has 1 aliphatic heterocycles. The lowest BCUT2D eigenvalue weighted by Gasteiger charge is -2.35. The number of piperidine rings is 1. The summed E-state index contributed by atoms with van der Waals surface area (Å²) in [5.74, 6) is 1.78. The van der Waals surface area contributed by atoms with Gasteiger partial charge in [-0.15, -0.1) is 0 Å². The van der Waals surface area contributed by atoms with Crippen LogP contribution in [0.15, 0.2) is 0 Å². The van der Waals surface area contributed by atoms with E-state index in [-0.39, 0.29) is 0 Å². The van der Waals surface area contributed by atoms with Crippen LogP contribution in [0.25, 0.3) is 0 Å². The summed E-state index contributed by atoms with van der Waals surface area (Å²) in [5.41, 5.74) is 0. The van der Waals surface area contributed by atoms with Crippen LogP contribution in [0.5, 0.6) is 0 Å². The second kappa shape index (κ2) is 8.89. The molecule has 1 rings (SSSR count). The van der Waals surface area contributed by atoms with E-state index in [4.69, 9.17) is 4.74 Å². The molecule has 0 aliphatic carbocycles. The van der Waals surface area contributed by atoms with E-state index in [2.05, 4.69) is 31.0 Å². The molecule has 1 aliphatic rings. The Hall–Kier alpha value is -0.120. The van der Waals surface area contributed by atoms with Crippen molar-refractivity contribution in [2.24, 2.45) is 11.8 Å². The van der Waals surface area contributed by atoms with Crippen molar-refractivity contribution >= 4 is 0 Å². The van der Waals surface area contributed by atoms with Crippen LogP contribution in [0.3, 0.4) is 0 Å². The Morgan fingerprint density at radius 1 is 1.28 bits per heavy atom. The minimum absolute atomic E-state index is 0.491. The van der Waals surface area contributed by atoms with Crippen LogP contribution in [-0.2, 0) is 4.74 Å². The summed E-state index contributed by atoms with van der Waals surface area (Å²) in [6.07, 6.45) is 3.92. The highest BCUT2D eigenvalue weighted by atomic mass is 16.5. The predicted molar refractivity (Wildman–Crippen MR) is 78.0 cm³/mol. The molecule has 0 amide bonds. The van der Waals surface area contributed by atoms with Gasteiger partial charge < -0.3 is 15.0 Å². The first-order chi connectivity index (χ1) is 8.67. The molecule has 0 radical (unpaired) electrons. The molecule has 0 aromatic carbocycles. The molecule has 1 heterocycles. The minimum atomic E-state index is 0.491. The maximum Gasteiger partial charge on any atom is 0.0628 e. The largest absolute Gasteiger partial charge is 0.383 e. The van der Waals surface area contributed by atoms with Gasteiger partial charge in [0.25, 0.3) is 0 Å². The number of hydrogen-bond donors (Lipinski definition) is 1. The van der Waals surface area contributed by atoms with E-state index in [1.165, 1.54) is 32.4 Å². The normalized spacial score (nSPS) is 20.5. The van der Waals surface area contributed by atoms with Crippen LogP contribution >= 0.6 is 0 Å². The molecule has 0 saturated carbocycles. The van der Waals surface area contributed by atoms with Gasteiger partial charge in [-0.3, -0.25) is 0 Å². The fourth-order valence-corrected chi connectivity index (χ4v) is 2.84. The van der Waals surface area contributed by atoms with Crippen LogP contribution in [0.1, 0.15) is 40.0 Å². The third kappa shape index (κ3) is 5.68. The van der Waals surface area contributed by atoms with E-state index in [1.807, 2.05) is 0 Å². The molecule has 3 nitrogen and oxygen atoms in total. The zero-order valence-corrected chi connectivity index (χ0v) is 12.7. The molecule has 1 saturated heterocycles. The molecule has 1 fully saturated rings. The summed E-state index contributed by atoms with van der Waals surface area (Å²) in [4.78, 5) is 2.60. The average Bonchev–Trinajstić information content (AvgIpc) is 2.37. The molecule has 0 aromatic heterocycles. The number of nitrogens with one attached hydrogen (secondary N) is 1. The first-order valence-corrected chi connectivity index (χ1v) is 7.62. The Kier molecular flexibility index (Phi) is 7.87. The Morgan fingerprint density at radius 2 is 1.94 bits per heavy atom. The highest BCUT2D eigenvalue weighted by Gasteiger charge is 2.23. The summed E-state index contributed by atoms with van der Waals surface area (Å²) < 4.78 is 5.31. The number of hydrogen-bond acceptors (Lipinski definition) is 3. The van der Waals surface area contributed by atoms with Crippen LogP contribution in [0.4, 0.5) is 0 Å². The van der Waals surface area contributed by atoms with Crippen molar-refractivity contribution in [2.75, 3.05) is 39.9 Å². The third-order valence-corrected chi connectivity index (χ3v) is 4.10. The maximum atomic E-state index is 5.31. The fraction of sp³-hybridized carbons (Fsp3) is 1.00. The molecule has 18 heavy (non-hydrogen) atoms. The van der Waals surface area contributed by atoms with Gasteiger partial charge in [0.1, 0.15) is 0 Å². The third-order valence-electron chi connectivity index (χ3n) is 4.10. The van der Waals surface area contributed by atoms with E-state index in [1.54, 1.807) is 7.11 Å². The topological polar surface area (TPSA) is 24.5 Å². The predicted octanol–water partition coefficient (Wildman–Crippen LogP) is 2.37. The van der Waals surface area contributed by atoms with Crippen molar-refractivity contribution in [2.45, 2.75) is 46.1 Å². The van der Waals surface area contributed by atoms with Gasteiger partial charge in [0.05, 0.1) is 6.61 Å². The lowest BCUT2D eigenvalue weighted by atomic mass is 9.86. The number of likely N-dealkylation sites (tertiary alicyclic amines) is 1. The standard InChI is InChI=1S/C15H32N2O/c1-5-8-16-15(12-18-4)11-17-9-6-14(7-10-17)13(2)3/h13-16H,5-12H2,1-4H3. The van der Waals surface area contributed by atoms with Crippen LogP contribution in [0, 0.1) is 11.8 Å². The highest BCUT2D eigenvalue weighted by molar-refractivity contribution is 4.78. The summed E-state index contributed by atoms with van der Waals surface area (Å²) in [7, 11) is 1.80. The maximum absolute atomic E-state index is 5.31. The number of rotatable bonds is 8. The summed E-state index contributed by atoms with van der Waals surface area (Å²) in [5, 5.41) is 3.58. The smallest absolute Gasteiger partial charge is 0.0628 e. The van der Waals surface area contributed by atoms with Crippen LogP contribution in [-0.4, -0.2) is 50.8 Å². The van der Waals surface area contributed by atoms with Gasteiger partial charge in [-0.05, 0) is 50.7 Å². The van der Waals surface area contributed by atoms with Gasteiger partial charge in [-0.1, -0.05) is 20.8 Å². The van der Waals surface area contributed by atoms with Crippen LogP contribution in [0.2, 0.25) is 0 Å². The van der Waals surface area contributed by atoms with Crippen molar-refractivity contribution in [3.05, 3.63) is 0 Å². The molecule has 108 valence electrons. The van der Waals surface area contributed by atoms with E-state index in [0.29, 0.717) is 6.04 Å². The first-order valence-electron chi connectivity index (χ1n) is 7.62. The van der Waals surface area contributed by atoms with Crippen molar-refractivity contribution in [1.82, 2.24) is 10.2 Å². The molecular weight excluding hydrogens is 224 g/mol. The number of ether oxygens (including phenoxy) is 1. The number of nitrogens with zero attached hydrogens (tertiary/aromatic N) is 1. The van der Waals surface area contributed by atoms with Crippen LogP contribution < -0.4 is 5.32 Å². The van der Waals surface area contributed by atoms with Gasteiger partial charge in [0, 0.05) is 19.7 Å².